The van der Waals surface area contributed by atoms with Gasteiger partial charge < -0.3 is 18.9 Å². The van der Waals surface area contributed by atoms with Crippen LogP contribution in [0, 0.1) is 0 Å². The molecule has 5 heteroatoms. The van der Waals surface area contributed by atoms with Crippen molar-refractivity contribution in [3.8, 4) is 0 Å². The van der Waals surface area contributed by atoms with Gasteiger partial charge in [-0.25, -0.2) is 0 Å². The molecular formula is C13H22O5. The van der Waals surface area contributed by atoms with Crippen LogP contribution in [0.2, 0.25) is 0 Å². The predicted octanol–water partition coefficient (Wildman–Crippen LogP) is 1.66. The van der Waals surface area contributed by atoms with Crippen molar-refractivity contribution in [2.75, 3.05) is 13.9 Å². The van der Waals surface area contributed by atoms with Gasteiger partial charge in [0.1, 0.15) is 19.2 Å². The van der Waals surface area contributed by atoms with Gasteiger partial charge in [-0.3, -0.25) is 4.79 Å². The molecule has 0 radical (unpaired) electrons. The quantitative estimate of drug-likeness (QED) is 0.395. The molecule has 1 aliphatic rings. The van der Waals surface area contributed by atoms with Crippen molar-refractivity contribution in [1.82, 2.24) is 0 Å². The molecule has 1 heterocycles. The first-order valence-electron chi connectivity index (χ1n) is 6.06. The maximum atomic E-state index is 10.3. The summed E-state index contributed by atoms with van der Waals surface area (Å²) in [5, 5.41) is 0. The van der Waals surface area contributed by atoms with Gasteiger partial charge in [0.05, 0.1) is 12.2 Å². The van der Waals surface area contributed by atoms with E-state index in [1.807, 2.05) is 20.8 Å². The first-order valence-corrected chi connectivity index (χ1v) is 6.06. The third-order valence-corrected chi connectivity index (χ3v) is 2.70. The van der Waals surface area contributed by atoms with Gasteiger partial charge in [0, 0.05) is 7.11 Å². The zero-order chi connectivity index (χ0) is 13.6. The van der Waals surface area contributed by atoms with Gasteiger partial charge >= 0.3 is 0 Å². The molecule has 0 spiro atoms. The molecule has 0 bridgehead atoms. The number of carbonyl (C=O) groups excluding carboxylic acids is 1. The van der Waals surface area contributed by atoms with Crippen molar-refractivity contribution in [2.45, 2.75) is 51.3 Å². The zero-order valence-corrected chi connectivity index (χ0v) is 11.4. The smallest absolute Gasteiger partial charge is 0.163 e. The van der Waals surface area contributed by atoms with Crippen molar-refractivity contribution >= 4 is 6.29 Å². The second kappa shape index (κ2) is 6.99. The molecule has 18 heavy (non-hydrogen) atoms. The number of ether oxygens (including phenoxy) is 4. The molecule has 5 nitrogen and oxygen atoms in total. The summed E-state index contributed by atoms with van der Waals surface area (Å²) in [6, 6.07) is 0. The average molecular weight is 258 g/mol. The highest BCUT2D eigenvalue weighted by molar-refractivity contribution is 5.64. The van der Waals surface area contributed by atoms with Crippen LogP contribution in [0.5, 0.6) is 0 Å². The fourth-order valence-electron chi connectivity index (χ4n) is 2.06. The van der Waals surface area contributed by atoms with E-state index in [4.69, 9.17) is 18.9 Å². The lowest BCUT2D eigenvalue weighted by molar-refractivity contribution is -0.169. The van der Waals surface area contributed by atoms with Crippen molar-refractivity contribution in [2.24, 2.45) is 0 Å². The molecule has 1 aliphatic heterocycles. The average Bonchev–Trinajstić information content (AvgIpc) is 2.57. The van der Waals surface area contributed by atoms with Crippen molar-refractivity contribution in [3.05, 3.63) is 12.2 Å². The first-order chi connectivity index (χ1) is 8.50. The van der Waals surface area contributed by atoms with Crippen LogP contribution in [0.3, 0.4) is 0 Å². The number of rotatable bonds is 7. The molecule has 1 fully saturated rings. The molecule has 0 aromatic heterocycles. The minimum atomic E-state index is -0.604. The lowest BCUT2D eigenvalue weighted by Crippen LogP contribution is -2.36. The molecule has 0 N–H and O–H groups in total. The third kappa shape index (κ3) is 4.49. The molecule has 0 saturated carbocycles. The molecule has 3 atom stereocenters. The standard InChI is InChI=1S/C13H22O5/c1-10-12(18-13(2,3)17-10)11(16-9-15-4)7-5-6-8-14/h5-6,8,10-12H,7,9H2,1-4H3/b6-5+/t10-,11-,12-/m1/s1. The minimum Gasteiger partial charge on any atom is -0.359 e. The molecule has 0 amide bonds. The molecule has 1 rings (SSSR count). The minimum absolute atomic E-state index is 0.0634. The van der Waals surface area contributed by atoms with Crippen LogP contribution in [0.4, 0.5) is 0 Å². The summed E-state index contributed by atoms with van der Waals surface area (Å²) in [5.74, 6) is -0.604. The van der Waals surface area contributed by atoms with Crippen LogP contribution in [-0.2, 0) is 23.7 Å². The van der Waals surface area contributed by atoms with Crippen LogP contribution < -0.4 is 0 Å². The van der Waals surface area contributed by atoms with E-state index in [2.05, 4.69) is 0 Å². The van der Waals surface area contributed by atoms with E-state index < -0.39 is 5.79 Å². The highest BCUT2D eigenvalue weighted by Crippen LogP contribution is 2.31. The molecular weight excluding hydrogens is 236 g/mol. The Labute approximate surface area is 108 Å². The molecule has 0 aliphatic carbocycles. The van der Waals surface area contributed by atoms with E-state index in [-0.39, 0.29) is 25.1 Å². The van der Waals surface area contributed by atoms with Gasteiger partial charge in [0.15, 0.2) is 5.79 Å². The first kappa shape index (κ1) is 15.3. The summed E-state index contributed by atoms with van der Waals surface area (Å²) >= 11 is 0. The highest BCUT2D eigenvalue weighted by Gasteiger charge is 2.42. The third-order valence-electron chi connectivity index (χ3n) is 2.70. The fraction of sp³-hybridized carbons (Fsp3) is 0.769. The second-order valence-electron chi connectivity index (χ2n) is 4.72. The summed E-state index contributed by atoms with van der Waals surface area (Å²) in [7, 11) is 1.57. The van der Waals surface area contributed by atoms with Crippen LogP contribution in [0.25, 0.3) is 0 Å². The van der Waals surface area contributed by atoms with E-state index in [0.717, 1.165) is 6.29 Å². The fourth-order valence-corrected chi connectivity index (χ4v) is 2.06. The zero-order valence-electron chi connectivity index (χ0n) is 11.4. The van der Waals surface area contributed by atoms with E-state index >= 15 is 0 Å². The number of allylic oxidation sites excluding steroid dienone is 1. The topological polar surface area (TPSA) is 54.0 Å². The molecule has 0 unspecified atom stereocenters. The van der Waals surface area contributed by atoms with Crippen molar-refractivity contribution < 1.29 is 23.7 Å². The Hall–Kier alpha value is -0.750. The van der Waals surface area contributed by atoms with Gasteiger partial charge in [-0.1, -0.05) is 6.08 Å². The molecule has 0 aromatic rings. The summed E-state index contributed by atoms with van der Waals surface area (Å²) in [6.07, 6.45) is 4.10. The number of carbonyl (C=O) groups is 1. The lowest BCUT2D eigenvalue weighted by Gasteiger charge is -2.24. The Morgan fingerprint density at radius 2 is 2.11 bits per heavy atom. The van der Waals surface area contributed by atoms with Gasteiger partial charge in [0.25, 0.3) is 0 Å². The summed E-state index contributed by atoms with van der Waals surface area (Å²) in [6.45, 7) is 5.88. The number of hydrogen-bond donors (Lipinski definition) is 0. The van der Waals surface area contributed by atoms with Gasteiger partial charge in [-0.15, -0.1) is 0 Å². The second-order valence-corrected chi connectivity index (χ2v) is 4.72. The largest absolute Gasteiger partial charge is 0.359 e. The van der Waals surface area contributed by atoms with Crippen LogP contribution in [0.1, 0.15) is 27.2 Å². The molecule has 1 saturated heterocycles. The monoisotopic (exact) mass is 258 g/mol. The van der Waals surface area contributed by atoms with Crippen LogP contribution in [0.15, 0.2) is 12.2 Å². The van der Waals surface area contributed by atoms with Gasteiger partial charge in [-0.2, -0.15) is 0 Å². The van der Waals surface area contributed by atoms with Crippen molar-refractivity contribution in [1.29, 1.82) is 0 Å². The molecule has 104 valence electrons. The Morgan fingerprint density at radius 3 is 2.61 bits per heavy atom. The maximum absolute atomic E-state index is 10.3. The summed E-state index contributed by atoms with van der Waals surface area (Å²) in [5.41, 5.74) is 0. The number of aldehydes is 1. The van der Waals surface area contributed by atoms with Gasteiger partial charge in [-0.05, 0) is 33.3 Å². The van der Waals surface area contributed by atoms with E-state index in [0.29, 0.717) is 6.42 Å². The molecule has 0 aromatic carbocycles. The highest BCUT2D eigenvalue weighted by atomic mass is 16.8. The number of methoxy groups -OCH3 is 1. The van der Waals surface area contributed by atoms with Gasteiger partial charge in [0.2, 0.25) is 0 Å². The Balaban J connectivity index is 2.63. The maximum Gasteiger partial charge on any atom is 0.163 e. The van der Waals surface area contributed by atoms with Crippen LogP contribution >= 0.6 is 0 Å². The van der Waals surface area contributed by atoms with E-state index in [1.54, 1.807) is 13.2 Å². The lowest BCUT2D eigenvalue weighted by atomic mass is 10.1. The summed E-state index contributed by atoms with van der Waals surface area (Å²) in [4.78, 5) is 10.3. The SMILES string of the molecule is COCO[C@H](C/C=C/C=O)[C@@H]1OC(C)(C)O[C@@H]1C. The Kier molecular flexibility index (Phi) is 5.95. The van der Waals surface area contributed by atoms with E-state index in [9.17, 15) is 4.79 Å². The Bertz CT molecular complexity index is 287. The number of hydrogen-bond acceptors (Lipinski definition) is 5. The summed E-state index contributed by atoms with van der Waals surface area (Å²) < 4.78 is 22.0. The normalized spacial score (nSPS) is 28.7. The van der Waals surface area contributed by atoms with Crippen LogP contribution in [-0.4, -0.2) is 44.3 Å². The Morgan fingerprint density at radius 1 is 1.39 bits per heavy atom. The predicted molar refractivity (Wildman–Crippen MR) is 66.1 cm³/mol. The van der Waals surface area contributed by atoms with Crippen molar-refractivity contribution in [3.63, 3.8) is 0 Å². The van der Waals surface area contributed by atoms with E-state index in [1.165, 1.54) is 6.08 Å².